The van der Waals surface area contributed by atoms with Crippen LogP contribution in [0, 0.1) is 19.8 Å². The van der Waals surface area contributed by atoms with Gasteiger partial charge in [0.1, 0.15) is 0 Å². The Morgan fingerprint density at radius 3 is 2.73 bits per heavy atom. The summed E-state index contributed by atoms with van der Waals surface area (Å²) in [6.45, 7) is 5.64. The fourth-order valence-corrected chi connectivity index (χ4v) is 2.96. The SMILES string of the molecule is Cc1cc(C)c2c(c1)C(C1CC1)NCC2. The van der Waals surface area contributed by atoms with E-state index < -0.39 is 0 Å². The molecule has 0 bridgehead atoms. The van der Waals surface area contributed by atoms with Crippen LogP contribution in [0.5, 0.6) is 0 Å². The van der Waals surface area contributed by atoms with E-state index >= 15 is 0 Å². The summed E-state index contributed by atoms with van der Waals surface area (Å²) in [4.78, 5) is 0. The van der Waals surface area contributed by atoms with E-state index in [-0.39, 0.29) is 0 Å². The topological polar surface area (TPSA) is 12.0 Å². The molecule has 15 heavy (non-hydrogen) atoms. The van der Waals surface area contributed by atoms with Crippen molar-refractivity contribution in [2.45, 2.75) is 39.2 Å². The maximum atomic E-state index is 3.69. The molecule has 3 rings (SSSR count). The van der Waals surface area contributed by atoms with E-state index in [0.717, 1.165) is 12.5 Å². The van der Waals surface area contributed by atoms with Gasteiger partial charge in [-0.1, -0.05) is 17.7 Å². The van der Waals surface area contributed by atoms with Crippen LogP contribution in [-0.2, 0) is 6.42 Å². The molecule has 0 amide bonds. The fourth-order valence-electron chi connectivity index (χ4n) is 2.96. The number of nitrogens with one attached hydrogen (secondary N) is 1. The van der Waals surface area contributed by atoms with Crippen LogP contribution in [0.25, 0.3) is 0 Å². The molecule has 1 N–H and O–H groups in total. The number of benzene rings is 1. The average molecular weight is 201 g/mol. The molecule has 1 aliphatic carbocycles. The Balaban J connectivity index is 2.08. The van der Waals surface area contributed by atoms with Gasteiger partial charge in [0.15, 0.2) is 0 Å². The Morgan fingerprint density at radius 1 is 1.20 bits per heavy atom. The highest BCUT2D eigenvalue weighted by Gasteiger charge is 2.35. The van der Waals surface area contributed by atoms with E-state index in [1.54, 1.807) is 11.1 Å². The van der Waals surface area contributed by atoms with E-state index in [4.69, 9.17) is 0 Å². The number of aryl methyl sites for hydroxylation is 2. The number of hydrogen-bond donors (Lipinski definition) is 1. The zero-order chi connectivity index (χ0) is 10.4. The van der Waals surface area contributed by atoms with Crippen molar-refractivity contribution in [2.75, 3.05) is 6.54 Å². The molecule has 0 radical (unpaired) electrons. The molecule has 0 saturated heterocycles. The van der Waals surface area contributed by atoms with Gasteiger partial charge in [-0.2, -0.15) is 0 Å². The zero-order valence-electron chi connectivity index (χ0n) is 9.64. The third-order valence-corrected chi connectivity index (χ3v) is 3.82. The first-order valence-corrected chi connectivity index (χ1v) is 6.09. The number of fused-ring (bicyclic) bond motifs is 1. The molecular formula is C14H19N. The van der Waals surface area contributed by atoms with Crippen LogP contribution < -0.4 is 5.32 Å². The summed E-state index contributed by atoms with van der Waals surface area (Å²) in [6.07, 6.45) is 4.05. The Hall–Kier alpha value is -0.820. The second-order valence-electron chi connectivity index (χ2n) is 5.17. The van der Waals surface area contributed by atoms with Crippen LogP contribution in [-0.4, -0.2) is 6.54 Å². The van der Waals surface area contributed by atoms with Gasteiger partial charge in [-0.3, -0.25) is 0 Å². The third kappa shape index (κ3) is 1.59. The lowest BCUT2D eigenvalue weighted by atomic mass is 9.87. The van der Waals surface area contributed by atoms with E-state index in [1.807, 2.05) is 0 Å². The van der Waals surface area contributed by atoms with Gasteiger partial charge in [0.25, 0.3) is 0 Å². The first kappa shape index (κ1) is 9.41. The summed E-state index contributed by atoms with van der Waals surface area (Å²) < 4.78 is 0. The largest absolute Gasteiger partial charge is 0.309 e. The molecule has 1 unspecified atom stereocenters. The molecular weight excluding hydrogens is 182 g/mol. The molecule has 1 saturated carbocycles. The third-order valence-electron chi connectivity index (χ3n) is 3.82. The van der Waals surface area contributed by atoms with Crippen LogP contribution in [0.3, 0.4) is 0 Å². The second kappa shape index (κ2) is 3.34. The molecule has 1 aliphatic heterocycles. The van der Waals surface area contributed by atoms with Gasteiger partial charge in [0.2, 0.25) is 0 Å². The summed E-state index contributed by atoms with van der Waals surface area (Å²) in [5, 5.41) is 3.69. The van der Waals surface area contributed by atoms with E-state index in [1.165, 1.54) is 30.4 Å². The maximum absolute atomic E-state index is 3.69. The molecule has 1 aromatic carbocycles. The summed E-state index contributed by atoms with van der Waals surface area (Å²) in [5.74, 6) is 0.922. The first-order valence-electron chi connectivity index (χ1n) is 6.09. The van der Waals surface area contributed by atoms with Gasteiger partial charge < -0.3 is 5.32 Å². The van der Waals surface area contributed by atoms with Gasteiger partial charge in [0.05, 0.1) is 0 Å². The predicted molar refractivity (Wildman–Crippen MR) is 63.1 cm³/mol. The van der Waals surface area contributed by atoms with E-state index in [9.17, 15) is 0 Å². The van der Waals surface area contributed by atoms with Crippen LogP contribution in [0.15, 0.2) is 12.1 Å². The van der Waals surface area contributed by atoms with Gasteiger partial charge in [-0.25, -0.2) is 0 Å². The summed E-state index contributed by atoms with van der Waals surface area (Å²) in [6, 6.07) is 5.39. The van der Waals surface area contributed by atoms with E-state index in [2.05, 4.69) is 31.3 Å². The normalized spacial score (nSPS) is 25.1. The predicted octanol–water partition coefficient (Wildman–Crippen LogP) is 2.90. The van der Waals surface area contributed by atoms with E-state index in [0.29, 0.717) is 6.04 Å². The molecule has 0 spiro atoms. The standard InChI is InChI=1S/C14H19N/c1-9-7-10(2)12-5-6-15-14(11-3-4-11)13(12)8-9/h7-8,11,14-15H,3-6H2,1-2H3. The lowest BCUT2D eigenvalue weighted by Gasteiger charge is -2.28. The highest BCUT2D eigenvalue weighted by Crippen LogP contribution is 2.43. The summed E-state index contributed by atoms with van der Waals surface area (Å²) >= 11 is 0. The lowest BCUT2D eigenvalue weighted by molar-refractivity contribution is 0.457. The Bertz CT molecular complexity index is 391. The highest BCUT2D eigenvalue weighted by molar-refractivity contribution is 5.42. The molecule has 80 valence electrons. The Morgan fingerprint density at radius 2 is 2.00 bits per heavy atom. The minimum atomic E-state index is 0.660. The molecule has 1 nitrogen and oxygen atoms in total. The molecule has 1 heterocycles. The smallest absolute Gasteiger partial charge is 0.0351 e. The van der Waals surface area contributed by atoms with Gasteiger partial charge >= 0.3 is 0 Å². The monoisotopic (exact) mass is 201 g/mol. The van der Waals surface area contributed by atoms with Gasteiger partial charge in [0, 0.05) is 6.04 Å². The zero-order valence-corrected chi connectivity index (χ0v) is 9.64. The number of hydrogen-bond acceptors (Lipinski definition) is 1. The van der Waals surface area contributed by atoms with Gasteiger partial charge in [-0.05, 0) is 62.3 Å². The molecule has 1 fully saturated rings. The molecule has 1 atom stereocenters. The molecule has 0 aromatic heterocycles. The minimum absolute atomic E-state index is 0.660. The Kier molecular flexibility index (Phi) is 2.10. The second-order valence-corrected chi connectivity index (χ2v) is 5.17. The van der Waals surface area contributed by atoms with Crippen molar-refractivity contribution in [1.29, 1.82) is 0 Å². The van der Waals surface area contributed by atoms with Crippen LogP contribution in [0.2, 0.25) is 0 Å². The molecule has 2 aliphatic rings. The first-order chi connectivity index (χ1) is 7.25. The maximum Gasteiger partial charge on any atom is 0.0351 e. The fraction of sp³-hybridized carbons (Fsp3) is 0.571. The van der Waals surface area contributed by atoms with Crippen molar-refractivity contribution in [2.24, 2.45) is 5.92 Å². The number of rotatable bonds is 1. The quantitative estimate of drug-likeness (QED) is 0.736. The van der Waals surface area contributed by atoms with Gasteiger partial charge in [-0.15, -0.1) is 0 Å². The van der Waals surface area contributed by atoms with Crippen molar-refractivity contribution >= 4 is 0 Å². The molecule has 1 aromatic rings. The summed E-state index contributed by atoms with van der Waals surface area (Å²) in [7, 11) is 0. The average Bonchev–Trinajstić information content (AvgIpc) is 3.00. The molecule has 1 heteroatoms. The summed E-state index contributed by atoms with van der Waals surface area (Å²) in [5.41, 5.74) is 6.13. The Labute approximate surface area is 91.9 Å². The van der Waals surface area contributed by atoms with Crippen molar-refractivity contribution in [1.82, 2.24) is 5.32 Å². The van der Waals surface area contributed by atoms with Crippen LogP contribution in [0.4, 0.5) is 0 Å². The lowest BCUT2D eigenvalue weighted by Crippen LogP contribution is -2.31. The minimum Gasteiger partial charge on any atom is -0.309 e. The van der Waals surface area contributed by atoms with Crippen LogP contribution >= 0.6 is 0 Å². The van der Waals surface area contributed by atoms with Crippen molar-refractivity contribution in [3.05, 3.63) is 34.4 Å². The van der Waals surface area contributed by atoms with Crippen molar-refractivity contribution in [3.63, 3.8) is 0 Å². The van der Waals surface area contributed by atoms with Crippen molar-refractivity contribution in [3.8, 4) is 0 Å². The van der Waals surface area contributed by atoms with Crippen LogP contribution in [0.1, 0.15) is 41.1 Å². The van der Waals surface area contributed by atoms with Crippen molar-refractivity contribution < 1.29 is 0 Å². The highest BCUT2D eigenvalue weighted by atomic mass is 14.9.